The smallest absolute Gasteiger partial charge is 0.313 e. The first-order valence-corrected chi connectivity index (χ1v) is 5.20. The summed E-state index contributed by atoms with van der Waals surface area (Å²) in [5.41, 5.74) is 0.371. The highest BCUT2D eigenvalue weighted by Crippen LogP contribution is 2.49. The molecule has 0 aromatic rings. The van der Waals surface area contributed by atoms with Crippen LogP contribution >= 0.6 is 0 Å². The van der Waals surface area contributed by atoms with Gasteiger partial charge in [-0.1, -0.05) is 18.1 Å². The molecule has 1 heterocycles. The summed E-state index contributed by atoms with van der Waals surface area (Å²) in [6.07, 6.45) is 4.97. The van der Waals surface area contributed by atoms with Gasteiger partial charge < -0.3 is 5.11 Å². The van der Waals surface area contributed by atoms with Crippen LogP contribution in [0.1, 0.15) is 25.7 Å². The maximum Gasteiger partial charge on any atom is 0.313 e. The van der Waals surface area contributed by atoms with E-state index in [4.69, 9.17) is 0 Å². The fourth-order valence-electron chi connectivity index (χ4n) is 2.37. The van der Waals surface area contributed by atoms with Crippen LogP contribution in [0.4, 0.5) is 0 Å². The molecule has 5 heteroatoms. The van der Waals surface area contributed by atoms with Crippen LogP contribution in [0, 0.1) is 10.3 Å². The third-order valence-electron chi connectivity index (χ3n) is 3.53. The summed E-state index contributed by atoms with van der Waals surface area (Å²) in [5.74, 6) is -0.715. The highest BCUT2D eigenvalue weighted by Gasteiger charge is 2.47. The second-order valence-corrected chi connectivity index (χ2v) is 4.21. The van der Waals surface area contributed by atoms with Crippen LogP contribution in [0.25, 0.3) is 0 Å². The van der Waals surface area contributed by atoms with Gasteiger partial charge in [0.2, 0.25) is 0 Å². The lowest BCUT2D eigenvalue weighted by Crippen LogP contribution is -2.42. The van der Waals surface area contributed by atoms with E-state index in [0.717, 1.165) is 24.8 Å². The van der Waals surface area contributed by atoms with Gasteiger partial charge in [-0.15, -0.1) is 4.91 Å². The minimum Gasteiger partial charge on any atom is -0.481 e. The van der Waals surface area contributed by atoms with Gasteiger partial charge in [0.1, 0.15) is 0 Å². The van der Waals surface area contributed by atoms with Crippen molar-refractivity contribution in [2.24, 2.45) is 10.7 Å². The van der Waals surface area contributed by atoms with Crippen molar-refractivity contribution in [3.63, 3.8) is 0 Å². The summed E-state index contributed by atoms with van der Waals surface area (Å²) < 4.78 is 0. The summed E-state index contributed by atoms with van der Waals surface area (Å²) in [6, 6.07) is 0. The molecular formula is C10H14N2O3. The van der Waals surface area contributed by atoms with Crippen molar-refractivity contribution in [1.29, 1.82) is 0 Å². The van der Waals surface area contributed by atoms with E-state index in [1.165, 1.54) is 5.01 Å². The van der Waals surface area contributed by atoms with Crippen molar-refractivity contribution in [3.05, 3.63) is 16.6 Å². The molecule has 1 aliphatic carbocycles. The molecule has 2 rings (SSSR count). The number of aliphatic carboxylic acids is 1. The van der Waals surface area contributed by atoms with Gasteiger partial charge in [0, 0.05) is 6.54 Å². The van der Waals surface area contributed by atoms with Crippen molar-refractivity contribution in [2.75, 3.05) is 13.1 Å². The Bertz CT molecular complexity index is 321. The molecule has 82 valence electrons. The minimum atomic E-state index is -0.715. The first-order valence-electron chi connectivity index (χ1n) is 5.20. The third kappa shape index (κ3) is 1.52. The number of hydrogen-bond donors (Lipinski definition) is 1. The Morgan fingerprint density at radius 3 is 2.60 bits per heavy atom. The van der Waals surface area contributed by atoms with Gasteiger partial charge in [-0.05, 0) is 19.3 Å². The Morgan fingerprint density at radius 1 is 1.53 bits per heavy atom. The lowest BCUT2D eigenvalue weighted by Gasteiger charge is -2.41. The normalized spacial score (nSPS) is 24.0. The zero-order valence-corrected chi connectivity index (χ0v) is 8.48. The molecule has 0 bridgehead atoms. The van der Waals surface area contributed by atoms with E-state index in [1.807, 2.05) is 6.08 Å². The fraction of sp³-hybridized carbons (Fsp3) is 0.700. The van der Waals surface area contributed by atoms with Crippen LogP contribution in [0.3, 0.4) is 0 Å². The molecule has 0 saturated heterocycles. The largest absolute Gasteiger partial charge is 0.481 e. The van der Waals surface area contributed by atoms with Crippen LogP contribution in [0.5, 0.6) is 0 Å². The number of carbonyl (C=O) groups is 1. The molecule has 0 amide bonds. The number of nitroso groups, excluding NO2 is 1. The molecule has 0 aromatic heterocycles. The second kappa shape index (κ2) is 3.64. The highest BCUT2D eigenvalue weighted by atomic mass is 16.4. The van der Waals surface area contributed by atoms with E-state index in [2.05, 4.69) is 5.29 Å². The monoisotopic (exact) mass is 210 g/mol. The highest BCUT2D eigenvalue weighted by molar-refractivity contribution is 5.79. The van der Waals surface area contributed by atoms with Crippen LogP contribution < -0.4 is 0 Å². The Kier molecular flexibility index (Phi) is 2.46. The van der Waals surface area contributed by atoms with Gasteiger partial charge in [-0.3, -0.25) is 9.80 Å². The lowest BCUT2D eigenvalue weighted by molar-refractivity contribution is -0.151. The molecule has 0 aromatic carbocycles. The van der Waals surface area contributed by atoms with Crippen molar-refractivity contribution >= 4 is 5.97 Å². The van der Waals surface area contributed by atoms with Crippen LogP contribution in [0.15, 0.2) is 16.9 Å². The average Bonchev–Trinajstić information content (AvgIpc) is 2.16. The van der Waals surface area contributed by atoms with E-state index in [9.17, 15) is 14.8 Å². The second-order valence-electron chi connectivity index (χ2n) is 4.21. The van der Waals surface area contributed by atoms with E-state index >= 15 is 0 Å². The Balaban J connectivity index is 2.14. The molecule has 1 aliphatic heterocycles. The number of carboxylic acid groups (broad SMARTS) is 1. The molecule has 0 atom stereocenters. The van der Waals surface area contributed by atoms with E-state index < -0.39 is 11.4 Å². The molecule has 1 fully saturated rings. The number of carboxylic acids is 1. The SMILES string of the molecule is O=NN1CC=C(C2(C(=O)O)CCC2)CC1. The summed E-state index contributed by atoms with van der Waals surface area (Å²) in [4.78, 5) is 21.5. The summed E-state index contributed by atoms with van der Waals surface area (Å²) in [5, 5.41) is 13.5. The van der Waals surface area contributed by atoms with Crippen LogP contribution in [-0.4, -0.2) is 29.2 Å². The van der Waals surface area contributed by atoms with Crippen molar-refractivity contribution in [1.82, 2.24) is 5.01 Å². The van der Waals surface area contributed by atoms with Crippen molar-refractivity contribution in [2.45, 2.75) is 25.7 Å². The molecular weight excluding hydrogens is 196 g/mol. The molecule has 1 N–H and O–H groups in total. The predicted octanol–water partition coefficient (Wildman–Crippen LogP) is 1.55. The van der Waals surface area contributed by atoms with Crippen molar-refractivity contribution in [3.8, 4) is 0 Å². The number of rotatable bonds is 3. The van der Waals surface area contributed by atoms with Gasteiger partial charge in [-0.25, -0.2) is 0 Å². The lowest BCUT2D eigenvalue weighted by atomic mass is 9.63. The molecule has 2 aliphatic rings. The quantitative estimate of drug-likeness (QED) is 0.566. The molecule has 0 spiro atoms. The summed E-state index contributed by atoms with van der Waals surface area (Å²) in [6.45, 7) is 0.998. The summed E-state index contributed by atoms with van der Waals surface area (Å²) >= 11 is 0. The van der Waals surface area contributed by atoms with Crippen LogP contribution in [0.2, 0.25) is 0 Å². The molecule has 0 radical (unpaired) electrons. The van der Waals surface area contributed by atoms with Crippen LogP contribution in [-0.2, 0) is 4.79 Å². The van der Waals surface area contributed by atoms with E-state index in [0.29, 0.717) is 19.5 Å². The number of hydrogen-bond acceptors (Lipinski definition) is 3. The fourth-order valence-corrected chi connectivity index (χ4v) is 2.37. The molecule has 15 heavy (non-hydrogen) atoms. The first-order chi connectivity index (χ1) is 7.19. The zero-order valence-electron chi connectivity index (χ0n) is 8.48. The first kappa shape index (κ1) is 10.1. The topological polar surface area (TPSA) is 70.0 Å². The Morgan fingerprint density at radius 2 is 2.27 bits per heavy atom. The number of nitrogens with zero attached hydrogens (tertiary/aromatic N) is 2. The summed E-state index contributed by atoms with van der Waals surface area (Å²) in [7, 11) is 0. The van der Waals surface area contributed by atoms with Gasteiger partial charge in [0.15, 0.2) is 0 Å². The Labute approximate surface area is 87.7 Å². The standard InChI is InChI=1S/C10H14N2O3/c13-9(14)10(4-1-5-10)8-2-6-12(11-15)7-3-8/h2H,1,3-7H2,(H,13,14). The molecule has 5 nitrogen and oxygen atoms in total. The molecule has 1 saturated carbocycles. The average molecular weight is 210 g/mol. The predicted molar refractivity (Wildman–Crippen MR) is 54.0 cm³/mol. The maximum atomic E-state index is 11.2. The van der Waals surface area contributed by atoms with E-state index in [-0.39, 0.29) is 0 Å². The van der Waals surface area contributed by atoms with Gasteiger partial charge >= 0.3 is 5.97 Å². The van der Waals surface area contributed by atoms with Crippen molar-refractivity contribution < 1.29 is 9.90 Å². The van der Waals surface area contributed by atoms with Gasteiger partial charge in [0.25, 0.3) is 0 Å². The maximum absolute atomic E-state index is 11.2. The third-order valence-corrected chi connectivity index (χ3v) is 3.53. The minimum absolute atomic E-state index is 0.452. The Hall–Kier alpha value is -1.39. The van der Waals surface area contributed by atoms with E-state index in [1.54, 1.807) is 0 Å². The molecule has 0 unspecified atom stereocenters. The van der Waals surface area contributed by atoms with Gasteiger partial charge in [0.05, 0.1) is 17.2 Å². The van der Waals surface area contributed by atoms with Gasteiger partial charge in [-0.2, -0.15) is 0 Å². The zero-order chi connectivity index (χ0) is 10.9.